The second-order valence-corrected chi connectivity index (χ2v) is 28.4. The van der Waals surface area contributed by atoms with E-state index in [1.807, 2.05) is 34.0 Å². The predicted octanol–water partition coefficient (Wildman–Crippen LogP) is 25.0. The third kappa shape index (κ3) is 19.9. The highest BCUT2D eigenvalue weighted by Gasteiger charge is 2.43. The number of unbranched alkanes of at least 4 members (excludes halogenated alkanes) is 26. The van der Waals surface area contributed by atoms with Gasteiger partial charge in [0.2, 0.25) is 0 Å². The number of thiophene rings is 3. The Labute approximate surface area is 519 Å². The van der Waals surface area contributed by atoms with Gasteiger partial charge in [-0.25, -0.2) is 0 Å². The van der Waals surface area contributed by atoms with Crippen LogP contribution in [0, 0.1) is 11.8 Å². The van der Waals surface area contributed by atoms with Crippen LogP contribution >= 0.6 is 34.0 Å². The van der Waals surface area contributed by atoms with Crippen molar-refractivity contribution in [3.8, 4) is 29.9 Å². The van der Waals surface area contributed by atoms with E-state index in [-0.39, 0.29) is 11.8 Å². The average Bonchev–Trinajstić information content (AvgIpc) is 4.53. The van der Waals surface area contributed by atoms with Gasteiger partial charge in [-0.15, -0.1) is 34.0 Å². The number of nitrogens with zero attached hydrogens (tertiary/aromatic N) is 2. The van der Waals surface area contributed by atoms with E-state index >= 15 is 9.59 Å². The molecule has 3 aromatic heterocycles. The fraction of sp³-hybridized carbons (Fsp3) is 0.632. The molecule has 0 N–H and O–H groups in total. The third-order valence-corrected chi connectivity index (χ3v) is 22.1. The van der Waals surface area contributed by atoms with Crippen molar-refractivity contribution in [1.82, 2.24) is 0 Å². The standard InChI is InChI=1S/C76H112N2O2S3/c1-7-13-19-25-29-35-43-59(41-33-23-17-11-5)57-77-66-48-40-39-47-64(66)71(75(77)79)72-65-50-49-62(55-67(65)78(76(72)80)58-60(42-34-24-18-12-6)44-36-30-26-20-14-8-2)70-56-63(46-38-32-28-22-16-10-4)74(83-70)69-52-51-68(82-69)73-61(53-54-81-73)45-37-31-27-21-15-9-3/h39-40,47-56,59-60H,7-38,41-46,57-58H2,1-6H3/b72-71+. The summed E-state index contributed by atoms with van der Waals surface area (Å²) < 4.78 is 0. The molecule has 0 radical (unpaired) electrons. The van der Waals surface area contributed by atoms with E-state index in [0.717, 1.165) is 67.6 Å². The molecule has 5 aromatic rings. The van der Waals surface area contributed by atoms with Crippen LogP contribution < -0.4 is 9.80 Å². The third-order valence-electron chi connectivity index (χ3n) is 18.4. The number of aryl methyl sites for hydroxylation is 2. The Morgan fingerprint density at radius 1 is 0.373 bits per heavy atom. The summed E-state index contributed by atoms with van der Waals surface area (Å²) in [7, 11) is 0. The summed E-state index contributed by atoms with van der Waals surface area (Å²) >= 11 is 5.85. The lowest BCUT2D eigenvalue weighted by atomic mass is 9.93. The number of fused-ring (bicyclic) bond motifs is 2. The predicted molar refractivity (Wildman–Crippen MR) is 369 cm³/mol. The number of rotatable bonds is 45. The van der Waals surface area contributed by atoms with Gasteiger partial charge in [-0.1, -0.05) is 264 Å². The molecule has 83 heavy (non-hydrogen) atoms. The maximum Gasteiger partial charge on any atom is 0.259 e. The number of carbonyl (C=O) groups excluding carboxylic acids is 2. The number of hydrogen-bond donors (Lipinski definition) is 0. The normalized spacial score (nSPS) is 14.9. The monoisotopic (exact) mass is 1180 g/mol. The summed E-state index contributed by atoms with van der Waals surface area (Å²) in [6.07, 6.45) is 47.7. The summed E-state index contributed by atoms with van der Waals surface area (Å²) in [5.74, 6) is 0.881. The fourth-order valence-electron chi connectivity index (χ4n) is 13.4. The van der Waals surface area contributed by atoms with E-state index in [0.29, 0.717) is 29.5 Å². The molecule has 7 heteroatoms. The van der Waals surface area contributed by atoms with Gasteiger partial charge in [0.1, 0.15) is 0 Å². The van der Waals surface area contributed by atoms with Gasteiger partial charge in [0.25, 0.3) is 11.8 Å². The zero-order valence-electron chi connectivity index (χ0n) is 53.3. The summed E-state index contributed by atoms with van der Waals surface area (Å²) in [5.41, 5.74) is 9.25. The summed E-state index contributed by atoms with van der Waals surface area (Å²) in [5, 5.41) is 2.31. The van der Waals surface area contributed by atoms with Crippen molar-refractivity contribution in [2.24, 2.45) is 11.8 Å². The number of para-hydroxylation sites is 1. The number of carbonyl (C=O) groups is 2. The molecule has 2 amide bonds. The van der Waals surface area contributed by atoms with Gasteiger partial charge in [-0.2, -0.15) is 0 Å². The molecule has 4 nitrogen and oxygen atoms in total. The highest BCUT2D eigenvalue weighted by Crippen LogP contribution is 2.51. The first kappa shape index (κ1) is 66.7. The second kappa shape index (κ2) is 37.7. The van der Waals surface area contributed by atoms with Crippen molar-refractivity contribution in [1.29, 1.82) is 0 Å². The van der Waals surface area contributed by atoms with Crippen molar-refractivity contribution in [3.63, 3.8) is 0 Å². The highest BCUT2D eigenvalue weighted by atomic mass is 32.1. The van der Waals surface area contributed by atoms with Crippen LogP contribution in [0.15, 0.2) is 72.1 Å². The Kier molecular flexibility index (Phi) is 30.3. The van der Waals surface area contributed by atoms with Gasteiger partial charge >= 0.3 is 0 Å². The molecule has 2 atom stereocenters. The average molecular weight is 1180 g/mol. The number of anilines is 2. The van der Waals surface area contributed by atoms with Crippen LogP contribution in [0.25, 0.3) is 41.1 Å². The van der Waals surface area contributed by atoms with Crippen LogP contribution in [0.2, 0.25) is 0 Å². The summed E-state index contributed by atoms with van der Waals surface area (Å²) in [6.45, 7) is 15.2. The van der Waals surface area contributed by atoms with Crippen LogP contribution in [-0.2, 0) is 22.4 Å². The smallest absolute Gasteiger partial charge is 0.259 e. The van der Waals surface area contributed by atoms with E-state index in [2.05, 4.69) is 123 Å². The number of benzene rings is 2. The molecule has 0 bridgehead atoms. The van der Waals surface area contributed by atoms with Crippen LogP contribution in [-0.4, -0.2) is 24.9 Å². The Morgan fingerprint density at radius 2 is 0.795 bits per heavy atom. The lowest BCUT2D eigenvalue weighted by Gasteiger charge is -2.25. The van der Waals surface area contributed by atoms with Gasteiger partial charge in [0, 0.05) is 48.6 Å². The van der Waals surface area contributed by atoms with Gasteiger partial charge in [0.05, 0.1) is 22.5 Å². The Bertz CT molecular complexity index is 2680. The minimum atomic E-state index is 0.0192. The molecule has 0 fully saturated rings. The van der Waals surface area contributed by atoms with Crippen molar-refractivity contribution >= 4 is 68.3 Å². The summed E-state index contributed by atoms with van der Waals surface area (Å²) in [6, 6.07) is 25.0. The van der Waals surface area contributed by atoms with E-state index < -0.39 is 0 Å². The SMILES string of the molecule is CCCCCCCCc1ccsc1-c1ccc(-c2sc(-c3ccc4c(c3)N(CC(CCCCCC)CCCCCCCC)C(=O)/C4=C3/C(=O)N(CC(CCCCCC)CCCCCCCC)c4ccccc43)cc2CCCCCCCC)s1. The van der Waals surface area contributed by atoms with E-state index in [9.17, 15) is 0 Å². The highest BCUT2D eigenvalue weighted by molar-refractivity contribution is 7.27. The van der Waals surface area contributed by atoms with E-state index in [1.54, 1.807) is 0 Å². The molecule has 456 valence electrons. The minimum absolute atomic E-state index is 0.0192. The first-order valence-corrected chi connectivity index (χ1v) is 37.3. The molecule has 2 aliphatic rings. The Morgan fingerprint density at radius 3 is 1.31 bits per heavy atom. The van der Waals surface area contributed by atoms with Crippen molar-refractivity contribution in [2.45, 2.75) is 286 Å². The zero-order valence-corrected chi connectivity index (χ0v) is 55.8. The zero-order chi connectivity index (χ0) is 58.4. The van der Waals surface area contributed by atoms with E-state index in [1.165, 1.54) is 247 Å². The van der Waals surface area contributed by atoms with Crippen LogP contribution in [0.5, 0.6) is 0 Å². The van der Waals surface area contributed by atoms with Crippen LogP contribution in [0.4, 0.5) is 11.4 Å². The number of amides is 2. The van der Waals surface area contributed by atoms with E-state index in [4.69, 9.17) is 0 Å². The van der Waals surface area contributed by atoms with Crippen molar-refractivity contribution < 1.29 is 9.59 Å². The molecule has 0 aliphatic carbocycles. The molecular weight excluding hydrogens is 1070 g/mol. The molecular formula is C76H112N2O2S3. The summed E-state index contributed by atoms with van der Waals surface area (Å²) in [4.78, 5) is 42.6. The Hall–Kier alpha value is -3.78. The molecule has 0 saturated carbocycles. The molecule has 2 unspecified atom stereocenters. The van der Waals surface area contributed by atoms with Crippen LogP contribution in [0.3, 0.4) is 0 Å². The topological polar surface area (TPSA) is 40.6 Å². The molecule has 7 rings (SSSR count). The van der Waals surface area contributed by atoms with Gasteiger partial charge in [0.15, 0.2) is 0 Å². The van der Waals surface area contributed by atoms with Crippen molar-refractivity contribution in [2.75, 3.05) is 22.9 Å². The lowest BCUT2D eigenvalue weighted by Crippen LogP contribution is -2.34. The molecule has 5 heterocycles. The molecule has 2 aliphatic heterocycles. The van der Waals surface area contributed by atoms with Gasteiger partial charge in [-0.3, -0.25) is 9.59 Å². The maximum absolute atomic E-state index is 15.9. The maximum atomic E-state index is 15.9. The second-order valence-electron chi connectivity index (χ2n) is 25.3. The van der Waals surface area contributed by atoms with Gasteiger partial charge < -0.3 is 9.80 Å². The quantitative estimate of drug-likeness (QED) is 0.0288. The first-order chi connectivity index (χ1) is 40.8. The van der Waals surface area contributed by atoms with Gasteiger partial charge in [-0.05, 0) is 122 Å². The number of hydrogen-bond acceptors (Lipinski definition) is 5. The molecule has 0 saturated heterocycles. The Balaban J connectivity index is 1.26. The largest absolute Gasteiger partial charge is 0.307 e. The fourth-order valence-corrected chi connectivity index (χ4v) is 16.9. The lowest BCUT2D eigenvalue weighted by molar-refractivity contribution is -0.114. The first-order valence-electron chi connectivity index (χ1n) is 34.8. The molecule has 2 aromatic carbocycles. The molecule has 0 spiro atoms. The van der Waals surface area contributed by atoms with Crippen molar-refractivity contribution in [3.05, 3.63) is 94.4 Å². The van der Waals surface area contributed by atoms with Crippen LogP contribution in [0.1, 0.15) is 295 Å². The minimum Gasteiger partial charge on any atom is -0.307 e.